The number of fused-ring (bicyclic) bond motifs is 1. The van der Waals surface area contributed by atoms with Crippen LogP contribution < -0.4 is 21.9 Å². The second-order valence-electron chi connectivity index (χ2n) is 7.96. The summed E-state index contributed by atoms with van der Waals surface area (Å²) >= 11 is 0. The van der Waals surface area contributed by atoms with E-state index >= 15 is 0 Å². The Balaban J connectivity index is 1.47. The monoisotopic (exact) mass is 471 g/mol. The molecule has 176 valence electrons. The third kappa shape index (κ3) is 4.10. The van der Waals surface area contributed by atoms with Crippen LogP contribution in [-0.2, 0) is 9.59 Å². The van der Waals surface area contributed by atoms with Crippen LogP contribution >= 0.6 is 0 Å². The Morgan fingerprint density at radius 1 is 0.971 bits per heavy atom. The quantitative estimate of drug-likeness (QED) is 0.403. The van der Waals surface area contributed by atoms with Crippen LogP contribution in [0.5, 0.6) is 11.5 Å². The minimum Gasteiger partial charge on any atom is -0.457 e. The van der Waals surface area contributed by atoms with E-state index in [2.05, 4.69) is 9.97 Å². The van der Waals surface area contributed by atoms with E-state index < -0.39 is 5.91 Å². The van der Waals surface area contributed by atoms with E-state index in [1.807, 2.05) is 30.3 Å². The van der Waals surface area contributed by atoms with Gasteiger partial charge < -0.3 is 21.1 Å². The maximum absolute atomic E-state index is 13.5. The Hall–Kier alpha value is -4.93. The van der Waals surface area contributed by atoms with Crippen molar-refractivity contribution in [2.24, 2.45) is 5.73 Å². The van der Waals surface area contributed by atoms with E-state index in [1.165, 1.54) is 20.4 Å². The first-order valence-corrected chi connectivity index (χ1v) is 10.8. The van der Waals surface area contributed by atoms with Gasteiger partial charge in [-0.15, -0.1) is 0 Å². The molecule has 11 heteroatoms. The molecule has 0 unspecified atom stereocenters. The first-order valence-electron chi connectivity index (χ1n) is 10.8. The predicted octanol–water partition coefficient (Wildman–Crippen LogP) is 1.38. The highest BCUT2D eigenvalue weighted by atomic mass is 16.5. The molecule has 0 atom stereocenters. The van der Waals surface area contributed by atoms with Gasteiger partial charge in [-0.1, -0.05) is 18.2 Å². The number of primary amides is 1. The third-order valence-corrected chi connectivity index (χ3v) is 5.68. The number of rotatable bonds is 6. The zero-order valence-electron chi connectivity index (χ0n) is 18.4. The number of benzene rings is 2. The lowest BCUT2D eigenvalue weighted by atomic mass is 10.1. The summed E-state index contributed by atoms with van der Waals surface area (Å²) in [4.78, 5) is 46.5. The molecule has 2 aromatic heterocycles. The summed E-state index contributed by atoms with van der Waals surface area (Å²) in [7, 11) is 0. The van der Waals surface area contributed by atoms with Crippen LogP contribution in [0.25, 0.3) is 16.9 Å². The number of nitrogens with zero attached hydrogens (tertiary/aromatic N) is 5. The molecule has 11 nitrogen and oxygen atoms in total. The number of ether oxygens (including phenoxy) is 1. The standard InChI is InChI=1S/C24H21N7O4/c25-19(32)10-11-20(33)29-12-16(13-29)31-23-21(22(26)27-14-28-23)30(24(31)34)15-6-8-18(9-7-15)35-17-4-2-1-3-5-17/h1-11,14,16H,12-13H2,(H2,25,32)(H2,26,27,28). The molecule has 1 aliphatic heterocycles. The van der Waals surface area contributed by atoms with Gasteiger partial charge in [0.15, 0.2) is 11.5 Å². The van der Waals surface area contributed by atoms with E-state index in [-0.39, 0.29) is 36.5 Å². The largest absolute Gasteiger partial charge is 0.457 e. The molecule has 2 amide bonds. The lowest BCUT2D eigenvalue weighted by Crippen LogP contribution is -2.52. The fourth-order valence-electron chi connectivity index (χ4n) is 3.98. The molecular weight excluding hydrogens is 450 g/mol. The molecule has 3 heterocycles. The molecule has 0 saturated carbocycles. The number of imidazole rings is 1. The molecular formula is C24H21N7O4. The molecule has 1 aliphatic rings. The summed E-state index contributed by atoms with van der Waals surface area (Å²) in [5.41, 5.74) is 12.2. The maximum Gasteiger partial charge on any atom is 0.335 e. The molecule has 35 heavy (non-hydrogen) atoms. The average molecular weight is 471 g/mol. The van der Waals surface area contributed by atoms with Crippen molar-refractivity contribution in [2.45, 2.75) is 6.04 Å². The van der Waals surface area contributed by atoms with Crippen molar-refractivity contribution in [1.29, 1.82) is 0 Å². The molecule has 0 aliphatic carbocycles. The Bertz CT molecular complexity index is 1500. The Kier molecular flexibility index (Phi) is 5.49. The second kappa shape index (κ2) is 8.78. The molecule has 2 aromatic carbocycles. The van der Waals surface area contributed by atoms with Gasteiger partial charge >= 0.3 is 5.69 Å². The lowest BCUT2D eigenvalue weighted by molar-refractivity contribution is -0.131. The normalized spacial score (nSPS) is 13.8. The Morgan fingerprint density at radius 3 is 2.34 bits per heavy atom. The van der Waals surface area contributed by atoms with Gasteiger partial charge in [0.05, 0.1) is 11.7 Å². The number of nitrogens with two attached hydrogens (primary N) is 2. The number of hydrogen-bond acceptors (Lipinski definition) is 7. The smallest absolute Gasteiger partial charge is 0.335 e. The second-order valence-corrected chi connectivity index (χ2v) is 7.96. The van der Waals surface area contributed by atoms with Gasteiger partial charge in [-0.25, -0.2) is 14.8 Å². The van der Waals surface area contributed by atoms with E-state index in [9.17, 15) is 14.4 Å². The zero-order valence-corrected chi connectivity index (χ0v) is 18.4. The number of carbonyl (C=O) groups is 2. The van der Waals surface area contributed by atoms with Crippen LogP contribution in [0.4, 0.5) is 5.82 Å². The van der Waals surface area contributed by atoms with Crippen molar-refractivity contribution < 1.29 is 14.3 Å². The number of hydrogen-bond donors (Lipinski definition) is 2. The number of aromatic nitrogens is 4. The van der Waals surface area contributed by atoms with Crippen LogP contribution in [0.2, 0.25) is 0 Å². The SMILES string of the molecule is NC(=O)C=CC(=O)N1CC(n2c(=O)n(-c3ccc(Oc4ccccc4)cc3)c3c(N)ncnc32)C1. The molecule has 0 spiro atoms. The van der Waals surface area contributed by atoms with Gasteiger partial charge in [0, 0.05) is 25.2 Å². The van der Waals surface area contributed by atoms with Gasteiger partial charge in [0.2, 0.25) is 11.8 Å². The summed E-state index contributed by atoms with van der Waals surface area (Å²) < 4.78 is 8.81. The van der Waals surface area contributed by atoms with Crippen LogP contribution in [0.1, 0.15) is 6.04 Å². The number of amides is 2. The predicted molar refractivity (Wildman–Crippen MR) is 128 cm³/mol. The van der Waals surface area contributed by atoms with Crippen molar-refractivity contribution in [1.82, 2.24) is 24.0 Å². The van der Waals surface area contributed by atoms with Gasteiger partial charge in [0.1, 0.15) is 23.3 Å². The summed E-state index contributed by atoms with van der Waals surface area (Å²) in [6.45, 7) is 0.545. The molecule has 5 rings (SSSR count). The number of anilines is 1. The van der Waals surface area contributed by atoms with Crippen LogP contribution in [0.15, 0.2) is 77.9 Å². The summed E-state index contributed by atoms with van der Waals surface area (Å²) in [6, 6.07) is 16.1. The van der Waals surface area contributed by atoms with Crippen LogP contribution in [0.3, 0.4) is 0 Å². The van der Waals surface area contributed by atoms with Gasteiger partial charge in [-0.3, -0.25) is 18.7 Å². The molecule has 0 bridgehead atoms. The maximum atomic E-state index is 13.5. The number of para-hydroxylation sites is 1. The van der Waals surface area contributed by atoms with E-state index in [0.29, 0.717) is 28.4 Å². The van der Waals surface area contributed by atoms with Gasteiger partial charge in [0.25, 0.3) is 0 Å². The summed E-state index contributed by atoms with van der Waals surface area (Å²) in [5.74, 6) is 0.397. The topological polar surface area (TPSA) is 151 Å². The minimum atomic E-state index is -0.706. The van der Waals surface area contributed by atoms with Crippen LogP contribution in [-0.4, -0.2) is 48.9 Å². The van der Waals surface area contributed by atoms with E-state index in [4.69, 9.17) is 16.2 Å². The molecule has 1 saturated heterocycles. The highest BCUT2D eigenvalue weighted by Gasteiger charge is 2.35. The van der Waals surface area contributed by atoms with Crippen molar-refractivity contribution >= 4 is 28.8 Å². The van der Waals surface area contributed by atoms with Crippen molar-refractivity contribution in [3.8, 4) is 17.2 Å². The third-order valence-electron chi connectivity index (χ3n) is 5.68. The first-order chi connectivity index (χ1) is 16.9. The highest BCUT2D eigenvalue weighted by molar-refractivity contribution is 5.96. The average Bonchev–Trinajstić information content (AvgIpc) is 3.11. The Labute approximate surface area is 198 Å². The minimum absolute atomic E-state index is 0.159. The van der Waals surface area contributed by atoms with Crippen LogP contribution in [0, 0.1) is 0 Å². The zero-order chi connectivity index (χ0) is 24.5. The number of carbonyl (C=O) groups excluding carboxylic acids is 2. The Morgan fingerprint density at radius 2 is 1.66 bits per heavy atom. The first kappa shape index (κ1) is 21.9. The molecule has 4 aromatic rings. The lowest BCUT2D eigenvalue weighted by Gasteiger charge is -2.38. The van der Waals surface area contributed by atoms with E-state index in [1.54, 1.807) is 24.3 Å². The number of likely N-dealkylation sites (tertiary alicyclic amines) is 1. The van der Waals surface area contributed by atoms with E-state index in [0.717, 1.165) is 12.2 Å². The summed E-state index contributed by atoms with van der Waals surface area (Å²) in [6.07, 6.45) is 3.42. The number of nitrogen functional groups attached to an aromatic ring is 1. The molecule has 0 radical (unpaired) electrons. The fourth-order valence-corrected chi connectivity index (χ4v) is 3.98. The van der Waals surface area contributed by atoms with Crippen molar-refractivity contribution in [2.75, 3.05) is 18.8 Å². The molecule has 1 fully saturated rings. The van der Waals surface area contributed by atoms with Crippen molar-refractivity contribution in [3.63, 3.8) is 0 Å². The highest BCUT2D eigenvalue weighted by Crippen LogP contribution is 2.28. The fraction of sp³-hybridized carbons (Fsp3) is 0.125. The summed E-state index contributed by atoms with van der Waals surface area (Å²) in [5, 5.41) is 0. The molecule has 4 N–H and O–H groups in total. The van der Waals surface area contributed by atoms with Gasteiger partial charge in [-0.05, 0) is 36.4 Å². The van der Waals surface area contributed by atoms with Gasteiger partial charge in [-0.2, -0.15) is 0 Å². The van der Waals surface area contributed by atoms with Crippen molar-refractivity contribution in [3.05, 3.63) is 83.6 Å².